The first kappa shape index (κ1) is 23.8. The Morgan fingerprint density at radius 2 is 1.88 bits per heavy atom. The molecule has 2 N–H and O–H groups in total. The predicted octanol–water partition coefficient (Wildman–Crippen LogP) is 3.03. The third-order valence-electron chi connectivity index (χ3n) is 5.17. The largest absolute Gasteiger partial charge is 0.459 e. The Morgan fingerprint density at radius 3 is 2.50 bits per heavy atom. The van der Waals surface area contributed by atoms with Crippen LogP contribution >= 0.6 is 24.0 Å². The number of anilines is 1. The highest BCUT2D eigenvalue weighted by Gasteiger charge is 2.20. The van der Waals surface area contributed by atoms with Crippen LogP contribution in [0.25, 0.3) is 0 Å². The standard InChI is InChI=1S/C22H26N6O3.HI/c1-23-22(28-11-9-27(10-12-28)16-19-8-14-31-26-19)24-15-17-4-6-18(7-5-17)25-21(29)20-3-2-13-30-20;/h2-8,13-14H,9-12,15-16H2,1H3,(H,23,24)(H,25,29);1H. The minimum absolute atomic E-state index is 0. The second-order valence-corrected chi connectivity index (χ2v) is 7.28. The van der Waals surface area contributed by atoms with Gasteiger partial charge in [-0.15, -0.1) is 24.0 Å². The number of nitrogens with one attached hydrogen (secondary N) is 2. The van der Waals surface area contributed by atoms with Crippen molar-refractivity contribution in [1.29, 1.82) is 0 Å². The van der Waals surface area contributed by atoms with Crippen molar-refractivity contribution in [3.8, 4) is 0 Å². The lowest BCUT2D eigenvalue weighted by molar-refractivity contribution is 0.0996. The molecule has 0 aliphatic carbocycles. The summed E-state index contributed by atoms with van der Waals surface area (Å²) in [4.78, 5) is 21.1. The number of amides is 1. The van der Waals surface area contributed by atoms with Gasteiger partial charge in [0.05, 0.1) is 12.0 Å². The molecule has 1 amide bonds. The van der Waals surface area contributed by atoms with E-state index in [1.165, 1.54) is 6.26 Å². The lowest BCUT2D eigenvalue weighted by Crippen LogP contribution is -2.52. The number of hydrogen-bond acceptors (Lipinski definition) is 6. The fourth-order valence-corrected chi connectivity index (χ4v) is 3.49. The van der Waals surface area contributed by atoms with Crippen molar-refractivity contribution in [1.82, 2.24) is 20.3 Å². The number of rotatable bonds is 6. The number of guanidine groups is 1. The SMILES string of the molecule is CN=C(NCc1ccc(NC(=O)c2ccco2)cc1)N1CCN(Cc2ccon2)CC1.I. The Morgan fingerprint density at radius 1 is 1.09 bits per heavy atom. The van der Waals surface area contributed by atoms with Crippen LogP contribution in [-0.2, 0) is 13.1 Å². The topological polar surface area (TPSA) is 99.1 Å². The van der Waals surface area contributed by atoms with Gasteiger partial charge in [-0.05, 0) is 29.8 Å². The molecule has 1 aliphatic heterocycles. The highest BCUT2D eigenvalue weighted by atomic mass is 127. The number of nitrogens with zero attached hydrogens (tertiary/aromatic N) is 4. The molecule has 2 aromatic heterocycles. The Balaban J connectivity index is 0.00000289. The molecule has 0 atom stereocenters. The monoisotopic (exact) mass is 550 g/mol. The maximum absolute atomic E-state index is 12.1. The summed E-state index contributed by atoms with van der Waals surface area (Å²) in [5.74, 6) is 0.908. The number of carbonyl (C=O) groups excluding carboxylic acids is 1. The minimum atomic E-state index is -0.265. The van der Waals surface area contributed by atoms with Crippen LogP contribution in [0, 0.1) is 0 Å². The summed E-state index contributed by atoms with van der Waals surface area (Å²) in [6, 6.07) is 12.9. The maximum Gasteiger partial charge on any atom is 0.291 e. The molecule has 0 radical (unpaired) electrons. The first-order chi connectivity index (χ1) is 15.2. The molecule has 1 fully saturated rings. The van der Waals surface area contributed by atoms with Crippen LogP contribution in [0.15, 0.2) is 68.9 Å². The molecular weight excluding hydrogens is 523 g/mol. The Kier molecular flexibility index (Phi) is 8.68. The molecule has 3 heterocycles. The molecule has 0 bridgehead atoms. The average Bonchev–Trinajstić information content (AvgIpc) is 3.51. The molecule has 0 unspecified atom stereocenters. The van der Waals surface area contributed by atoms with E-state index >= 15 is 0 Å². The van der Waals surface area contributed by atoms with Gasteiger partial charge < -0.3 is 24.5 Å². The maximum atomic E-state index is 12.1. The number of carbonyl (C=O) groups is 1. The van der Waals surface area contributed by atoms with E-state index in [0.29, 0.717) is 6.54 Å². The van der Waals surface area contributed by atoms with E-state index in [1.807, 2.05) is 30.3 Å². The number of benzene rings is 1. The van der Waals surface area contributed by atoms with Gasteiger partial charge in [0.1, 0.15) is 6.26 Å². The van der Waals surface area contributed by atoms with E-state index in [0.717, 1.165) is 55.6 Å². The summed E-state index contributed by atoms with van der Waals surface area (Å²) >= 11 is 0. The minimum Gasteiger partial charge on any atom is -0.459 e. The van der Waals surface area contributed by atoms with Crippen LogP contribution < -0.4 is 10.6 Å². The summed E-state index contributed by atoms with van der Waals surface area (Å²) < 4.78 is 10.0. The molecule has 10 heteroatoms. The molecule has 1 aliphatic rings. The van der Waals surface area contributed by atoms with E-state index in [2.05, 4.69) is 30.6 Å². The number of furan rings is 1. The molecule has 4 rings (SSSR count). The van der Waals surface area contributed by atoms with Gasteiger partial charge in [0, 0.05) is 58.1 Å². The second kappa shape index (κ2) is 11.7. The van der Waals surface area contributed by atoms with Crippen molar-refractivity contribution in [3.63, 3.8) is 0 Å². The Hall–Kier alpha value is -2.86. The van der Waals surface area contributed by atoms with Crippen molar-refractivity contribution in [3.05, 3.63) is 72.0 Å². The van der Waals surface area contributed by atoms with Gasteiger partial charge in [0.15, 0.2) is 11.7 Å². The predicted molar refractivity (Wildman–Crippen MR) is 132 cm³/mol. The van der Waals surface area contributed by atoms with E-state index < -0.39 is 0 Å². The van der Waals surface area contributed by atoms with Gasteiger partial charge >= 0.3 is 0 Å². The molecule has 1 aromatic carbocycles. The summed E-state index contributed by atoms with van der Waals surface area (Å²) in [6.45, 7) is 5.14. The summed E-state index contributed by atoms with van der Waals surface area (Å²) in [5, 5.41) is 10.2. The second-order valence-electron chi connectivity index (χ2n) is 7.28. The van der Waals surface area contributed by atoms with E-state index in [4.69, 9.17) is 8.94 Å². The number of aliphatic imine (C=N–C) groups is 1. The van der Waals surface area contributed by atoms with Crippen molar-refractivity contribution in [2.24, 2.45) is 4.99 Å². The van der Waals surface area contributed by atoms with Crippen LogP contribution in [0.1, 0.15) is 21.8 Å². The van der Waals surface area contributed by atoms with Gasteiger partial charge in [-0.1, -0.05) is 17.3 Å². The molecule has 1 saturated heterocycles. The normalized spacial score (nSPS) is 14.7. The Labute approximate surface area is 203 Å². The van der Waals surface area contributed by atoms with E-state index in [-0.39, 0.29) is 35.6 Å². The van der Waals surface area contributed by atoms with Gasteiger partial charge in [0.2, 0.25) is 0 Å². The molecule has 170 valence electrons. The van der Waals surface area contributed by atoms with Crippen molar-refractivity contribution < 1.29 is 13.7 Å². The fourth-order valence-electron chi connectivity index (χ4n) is 3.49. The van der Waals surface area contributed by atoms with Crippen LogP contribution in [0.3, 0.4) is 0 Å². The van der Waals surface area contributed by atoms with E-state index in [1.54, 1.807) is 25.4 Å². The number of hydrogen-bond donors (Lipinski definition) is 2. The highest BCUT2D eigenvalue weighted by molar-refractivity contribution is 14.0. The number of halogens is 1. The van der Waals surface area contributed by atoms with Gasteiger partial charge in [-0.3, -0.25) is 14.7 Å². The van der Waals surface area contributed by atoms with Crippen molar-refractivity contribution >= 4 is 41.5 Å². The molecular formula is C22H27IN6O3. The van der Waals surface area contributed by atoms with Gasteiger partial charge in [0.25, 0.3) is 5.91 Å². The number of piperazine rings is 1. The van der Waals surface area contributed by atoms with Crippen LogP contribution in [0.5, 0.6) is 0 Å². The third kappa shape index (κ3) is 6.33. The lowest BCUT2D eigenvalue weighted by Gasteiger charge is -2.36. The highest BCUT2D eigenvalue weighted by Crippen LogP contribution is 2.12. The van der Waals surface area contributed by atoms with Crippen molar-refractivity contribution in [2.45, 2.75) is 13.1 Å². The first-order valence-electron chi connectivity index (χ1n) is 10.2. The molecule has 0 saturated carbocycles. The Bertz CT molecular complexity index is 981. The summed E-state index contributed by atoms with van der Waals surface area (Å²) in [5.41, 5.74) is 2.78. The fraction of sp³-hybridized carbons (Fsp3) is 0.318. The lowest BCUT2D eigenvalue weighted by atomic mass is 10.2. The summed E-state index contributed by atoms with van der Waals surface area (Å²) in [7, 11) is 1.80. The third-order valence-corrected chi connectivity index (χ3v) is 5.17. The zero-order valence-electron chi connectivity index (χ0n) is 17.9. The zero-order valence-corrected chi connectivity index (χ0v) is 20.2. The van der Waals surface area contributed by atoms with Crippen LogP contribution in [-0.4, -0.2) is 60.0 Å². The first-order valence-corrected chi connectivity index (χ1v) is 10.2. The van der Waals surface area contributed by atoms with Gasteiger partial charge in [-0.25, -0.2) is 0 Å². The van der Waals surface area contributed by atoms with Crippen molar-refractivity contribution in [2.75, 3.05) is 38.5 Å². The van der Waals surface area contributed by atoms with Crippen LogP contribution in [0.2, 0.25) is 0 Å². The van der Waals surface area contributed by atoms with Crippen LogP contribution in [0.4, 0.5) is 5.69 Å². The molecule has 32 heavy (non-hydrogen) atoms. The quantitative estimate of drug-likeness (QED) is 0.277. The zero-order chi connectivity index (χ0) is 21.5. The number of aromatic nitrogens is 1. The van der Waals surface area contributed by atoms with E-state index in [9.17, 15) is 4.79 Å². The molecule has 0 spiro atoms. The smallest absolute Gasteiger partial charge is 0.291 e. The average molecular weight is 550 g/mol. The molecule has 9 nitrogen and oxygen atoms in total. The van der Waals surface area contributed by atoms with Gasteiger partial charge in [-0.2, -0.15) is 0 Å². The molecule has 3 aromatic rings. The summed E-state index contributed by atoms with van der Waals surface area (Å²) in [6.07, 6.45) is 3.09.